The van der Waals surface area contributed by atoms with Crippen LogP contribution >= 0.6 is 0 Å². The minimum Gasteiger partial charge on any atom is -0.369 e. The zero-order chi connectivity index (χ0) is 74.8. The summed E-state index contributed by atoms with van der Waals surface area (Å²) in [7, 11) is 16.2. The summed E-state index contributed by atoms with van der Waals surface area (Å²) in [5.41, 5.74) is 17.1. The van der Waals surface area contributed by atoms with Crippen molar-refractivity contribution in [1.82, 2.24) is 117 Å². The molecule has 0 saturated carbocycles. The van der Waals surface area contributed by atoms with Crippen LogP contribution in [0, 0.1) is 39.6 Å². The van der Waals surface area contributed by atoms with Crippen molar-refractivity contribution in [2.24, 2.45) is 63.4 Å². The van der Waals surface area contributed by atoms with E-state index < -0.39 is 11.9 Å². The standard InChI is InChI=1S/C10H12N4.C10H11N3O.C9H9N5O.C9H10N2O.2C8H8FN3O.C8H9N3O.C7H8N4O.CH4/c1-14-5-7-3-2-4-11-9-8(7)10(14)13-6-12-9;1-13-6-7-3-5-14-12-8-2-4-11-10(13)9(7)8;1-14-9-7-5(13-14)2-3-6(15)12-8(7)10-4-11-9;1-6-5-8-7(9(12)10-6)3-4-11(8)2;1-11-3-5(9)6-7(11)10-4-12(2)8(6)13;1-4-3-5-6(7(13)10-4)11-8(9)12(5)2;1-5-3-6-7(8(12)10-5)9-4-11(6)2;1-4-3-5-6(7(12)8-4)9-10-11(5)2;/h5-6H,2-4H2,1H3,(H,11,12,13);2,4,6,12H,3,5H2,1H3;4H,2-3H2,1H3,(H,10,11,12,15);3-5H,1-2H3,(H,10,12);3-4H,1-2H3;3H,1-2H3,(H,10,13);3-4H,1-2H3,(H,10,12);3H,1-2H3,(H,8,12);1H4. The van der Waals surface area contributed by atoms with Gasteiger partial charge in [-0.1, -0.05) is 12.6 Å². The van der Waals surface area contributed by atoms with E-state index in [0.717, 1.165) is 104 Å². The molecule has 16 aromatic heterocycles. The minimum atomic E-state index is -0.647. The molecule has 0 saturated heterocycles. The second-order valence-corrected chi connectivity index (χ2v) is 25.3. The number of carbonyl (C=O) groups is 1. The summed E-state index contributed by atoms with van der Waals surface area (Å²) in [6, 6.07) is 11.2. The summed E-state index contributed by atoms with van der Waals surface area (Å²) in [5, 5.41) is 22.0. The molecule has 0 radical (unpaired) electrons. The van der Waals surface area contributed by atoms with Crippen LogP contribution in [0.2, 0.25) is 0 Å². The molecule has 3 aliphatic rings. The Morgan fingerprint density at radius 1 is 0.509 bits per heavy atom. The molecule has 0 aliphatic carbocycles. The molecule has 0 aromatic carbocycles. The van der Waals surface area contributed by atoms with Gasteiger partial charge in [0.25, 0.3) is 33.9 Å². The molecule has 550 valence electrons. The molecular weight excluding hydrogens is 1370 g/mol. The van der Waals surface area contributed by atoms with E-state index in [9.17, 15) is 37.5 Å². The highest BCUT2D eigenvalue weighted by atomic mass is 19.1. The van der Waals surface area contributed by atoms with Gasteiger partial charge in [0.05, 0.1) is 68.9 Å². The van der Waals surface area contributed by atoms with Crippen molar-refractivity contribution < 1.29 is 18.4 Å². The normalized spacial score (nSPS) is 12.5. The molecule has 0 atom stereocenters. The maximum atomic E-state index is 13.2. The third kappa shape index (κ3) is 15.2. The van der Waals surface area contributed by atoms with Crippen molar-refractivity contribution in [1.29, 1.82) is 0 Å². The summed E-state index contributed by atoms with van der Waals surface area (Å²) in [6.45, 7) is 9.01. The van der Waals surface area contributed by atoms with Crippen LogP contribution in [-0.4, -0.2) is 136 Å². The fraction of sp³-hybridized carbons (Fsp3) is 0.300. The lowest BCUT2D eigenvalue weighted by atomic mass is 10.1. The number of pyridine rings is 5. The van der Waals surface area contributed by atoms with Gasteiger partial charge in [-0.05, 0) is 88.1 Å². The SMILES string of the molecule is C.Cc1cc2c(ccn2C)c(=O)[nH]1.Cc1cc2c(nc(F)n2C)c(=O)[nH]1.Cc1cc2c(ncn2C)c(=O)[nH]1.Cc1cc2c(nnn2C)c(=O)[nH]1.Cn1cc2c3c(ccnc31)NOCC2.Cn1cc2c3c(ncnc31)NCCC2.Cn1cnc2c(c(F)cn2C)c1=O.Cn1nc2c3c(ncnc31)NC(=O)CC2. The molecule has 0 fully saturated rings. The van der Waals surface area contributed by atoms with Gasteiger partial charge in [0.1, 0.15) is 46.6 Å². The Kier molecular flexibility index (Phi) is 21.5. The van der Waals surface area contributed by atoms with E-state index in [1.165, 1.54) is 61.5 Å². The molecule has 16 aromatic rings. The van der Waals surface area contributed by atoms with Crippen molar-refractivity contribution in [3.8, 4) is 0 Å². The zero-order valence-corrected chi connectivity index (χ0v) is 59.7. The van der Waals surface area contributed by atoms with Crippen LogP contribution in [0.1, 0.15) is 59.9 Å². The first kappa shape index (κ1) is 74.1. The van der Waals surface area contributed by atoms with E-state index in [0.29, 0.717) is 53.2 Å². The Morgan fingerprint density at radius 3 is 1.82 bits per heavy atom. The third-order valence-corrected chi connectivity index (χ3v) is 17.5. The van der Waals surface area contributed by atoms with Crippen molar-refractivity contribution in [3.63, 3.8) is 0 Å². The zero-order valence-electron chi connectivity index (χ0n) is 59.7. The number of hydrogen-bond donors (Lipinski definition) is 7. The number of amides is 1. The molecule has 34 nitrogen and oxygen atoms in total. The first-order chi connectivity index (χ1) is 50.2. The number of nitrogens with zero attached hydrogens (tertiary/aromatic N) is 20. The molecule has 1 amide bonds. The predicted octanol–water partition coefficient (Wildman–Crippen LogP) is 6.51. The van der Waals surface area contributed by atoms with Gasteiger partial charge in [-0.3, -0.25) is 43.8 Å². The second kappa shape index (κ2) is 30.8. The number of hydrogen-bond acceptors (Lipinski definition) is 20. The molecular formula is C70H79F2N27O7. The van der Waals surface area contributed by atoms with Gasteiger partial charge in [-0.25, -0.2) is 44.0 Å². The van der Waals surface area contributed by atoms with Gasteiger partial charge in [-0.15, -0.1) is 5.10 Å². The highest BCUT2D eigenvalue weighted by Gasteiger charge is 2.22. The van der Waals surface area contributed by atoms with Crippen molar-refractivity contribution >= 4 is 111 Å². The van der Waals surface area contributed by atoms with E-state index in [4.69, 9.17) is 4.84 Å². The quantitative estimate of drug-likeness (QED) is 0.0850. The lowest BCUT2D eigenvalue weighted by molar-refractivity contribution is -0.116. The van der Waals surface area contributed by atoms with Crippen LogP contribution in [0.5, 0.6) is 0 Å². The Morgan fingerprint density at radius 2 is 1.10 bits per heavy atom. The van der Waals surface area contributed by atoms with E-state index in [2.05, 4.69) is 113 Å². The number of rotatable bonds is 0. The minimum absolute atomic E-state index is 0. The monoisotopic (exact) mass is 1450 g/mol. The van der Waals surface area contributed by atoms with Crippen molar-refractivity contribution in [3.05, 3.63) is 196 Å². The molecule has 106 heavy (non-hydrogen) atoms. The number of aromatic amines is 4. The van der Waals surface area contributed by atoms with Crippen LogP contribution in [0.25, 0.3) is 88.1 Å². The summed E-state index contributed by atoms with van der Waals surface area (Å²) in [5.74, 6) is 1.02. The third-order valence-electron chi connectivity index (χ3n) is 17.5. The highest BCUT2D eigenvalue weighted by Crippen LogP contribution is 2.31. The van der Waals surface area contributed by atoms with Gasteiger partial charge in [0, 0.05) is 148 Å². The summed E-state index contributed by atoms with van der Waals surface area (Å²) in [4.78, 5) is 116. The molecule has 3 aliphatic heterocycles. The number of carbonyl (C=O) groups excluding carboxylic acids is 1. The van der Waals surface area contributed by atoms with Crippen molar-refractivity contribution in [2.45, 2.75) is 67.2 Å². The summed E-state index contributed by atoms with van der Waals surface area (Å²) < 4.78 is 41.3. The lowest BCUT2D eigenvalue weighted by Gasteiger charge is -2.04. The average Bonchev–Trinajstić information content (AvgIpc) is 1.65. The van der Waals surface area contributed by atoms with Crippen LogP contribution < -0.4 is 43.9 Å². The number of nitrogens with one attached hydrogen (secondary N) is 7. The average molecular weight is 1450 g/mol. The van der Waals surface area contributed by atoms with Gasteiger partial charge in [0.15, 0.2) is 28.0 Å². The van der Waals surface area contributed by atoms with Gasteiger partial charge >= 0.3 is 0 Å². The number of aromatic nitrogens is 24. The Labute approximate surface area is 599 Å². The van der Waals surface area contributed by atoms with Crippen LogP contribution in [-0.2, 0) is 92.3 Å². The molecule has 0 unspecified atom stereocenters. The largest absolute Gasteiger partial charge is 0.369 e. The maximum absolute atomic E-state index is 13.2. The molecule has 7 N–H and O–H groups in total. The van der Waals surface area contributed by atoms with E-state index in [-0.39, 0.29) is 52.0 Å². The molecule has 0 bridgehead atoms. The summed E-state index contributed by atoms with van der Waals surface area (Å²) in [6.07, 6.45) is 19.0. The Bertz CT molecular complexity index is 6000. The van der Waals surface area contributed by atoms with E-state index >= 15 is 0 Å². The topological polar surface area (TPSA) is 397 Å². The first-order valence-electron chi connectivity index (χ1n) is 33.0. The molecule has 0 spiro atoms. The van der Waals surface area contributed by atoms with E-state index in [1.807, 2.05) is 102 Å². The lowest BCUT2D eigenvalue weighted by Crippen LogP contribution is -2.17. The Balaban J connectivity index is 0.000000121. The molecule has 19 heterocycles. The first-order valence-corrected chi connectivity index (χ1v) is 33.0. The fourth-order valence-electron chi connectivity index (χ4n) is 12.4. The van der Waals surface area contributed by atoms with Crippen molar-refractivity contribution in [2.75, 3.05) is 29.3 Å². The number of imidazole rings is 2. The van der Waals surface area contributed by atoms with E-state index in [1.54, 1.807) is 62.3 Å². The number of halogens is 2. The maximum Gasteiger partial charge on any atom is 0.290 e. The van der Waals surface area contributed by atoms with Crippen LogP contribution in [0.3, 0.4) is 0 Å². The summed E-state index contributed by atoms with van der Waals surface area (Å²) >= 11 is 0. The predicted molar refractivity (Wildman–Crippen MR) is 399 cm³/mol. The smallest absolute Gasteiger partial charge is 0.290 e. The fourth-order valence-corrected chi connectivity index (χ4v) is 12.4. The number of aryl methyl sites for hydroxylation is 15. The van der Waals surface area contributed by atoms with Crippen LogP contribution in [0.4, 0.5) is 26.1 Å². The Hall–Kier alpha value is -13.2. The number of anilines is 3. The molecule has 19 rings (SSSR count). The van der Waals surface area contributed by atoms with Crippen LogP contribution in [0.15, 0.2) is 117 Å². The number of H-pyrrole nitrogens is 4. The van der Waals surface area contributed by atoms with Gasteiger partial charge in [0.2, 0.25) is 5.91 Å². The number of fused-ring (bicyclic) bond motifs is 5. The molecule has 36 heteroatoms. The van der Waals surface area contributed by atoms with Gasteiger partial charge < -0.3 is 62.5 Å². The highest BCUT2D eigenvalue weighted by molar-refractivity contribution is 6.01. The second-order valence-electron chi connectivity index (χ2n) is 25.3. The van der Waals surface area contributed by atoms with Gasteiger partial charge in [-0.2, -0.15) is 14.5 Å².